The lowest BCUT2D eigenvalue weighted by atomic mass is 9.79. The smallest absolute Gasteiger partial charge is 0.254 e. The van der Waals surface area contributed by atoms with Crippen LogP contribution in [0.1, 0.15) is 52.9 Å². The molecule has 0 spiro atoms. The van der Waals surface area contributed by atoms with Gasteiger partial charge in [0.2, 0.25) is 5.91 Å². The van der Waals surface area contributed by atoms with Crippen molar-refractivity contribution in [2.45, 2.75) is 25.8 Å². The van der Waals surface area contributed by atoms with Crippen LogP contribution in [-0.4, -0.2) is 33.5 Å². The highest BCUT2D eigenvalue weighted by Gasteiger charge is 2.44. The van der Waals surface area contributed by atoms with E-state index in [0.29, 0.717) is 28.9 Å². The summed E-state index contributed by atoms with van der Waals surface area (Å²) in [6.45, 7) is 4.60. The van der Waals surface area contributed by atoms with Crippen LogP contribution in [-0.2, 0) is 4.79 Å². The van der Waals surface area contributed by atoms with Crippen LogP contribution >= 0.6 is 0 Å². The molecule has 0 unspecified atom stereocenters. The lowest BCUT2D eigenvalue weighted by molar-refractivity contribution is -0.119. The first-order valence-electron chi connectivity index (χ1n) is 10.2. The van der Waals surface area contributed by atoms with Gasteiger partial charge in [0.05, 0.1) is 29.8 Å². The molecular formula is C24H23N5O2. The maximum atomic E-state index is 13.6. The van der Waals surface area contributed by atoms with Gasteiger partial charge < -0.3 is 10.2 Å². The van der Waals surface area contributed by atoms with E-state index in [1.54, 1.807) is 47.6 Å². The number of rotatable bonds is 5. The zero-order valence-electron chi connectivity index (χ0n) is 17.4. The first-order valence-corrected chi connectivity index (χ1v) is 10.2. The molecule has 2 N–H and O–H groups in total. The zero-order chi connectivity index (χ0) is 22.0. The summed E-state index contributed by atoms with van der Waals surface area (Å²) >= 11 is 0. The Hall–Kier alpha value is -3.92. The minimum Gasteiger partial charge on any atom is -0.330 e. The van der Waals surface area contributed by atoms with Crippen LogP contribution in [0, 0.1) is 17.2 Å². The van der Waals surface area contributed by atoms with E-state index in [2.05, 4.69) is 21.6 Å². The number of carbonyl (C=O) groups is 2. The molecule has 4 rings (SSSR count). The molecule has 0 fully saturated rings. The Morgan fingerprint density at radius 1 is 1.26 bits per heavy atom. The summed E-state index contributed by atoms with van der Waals surface area (Å²) in [4.78, 5) is 28.8. The molecule has 7 nitrogen and oxygen atoms in total. The van der Waals surface area contributed by atoms with Crippen LogP contribution in [0.3, 0.4) is 0 Å². The second-order valence-corrected chi connectivity index (χ2v) is 8.07. The number of nitriles is 1. The average Bonchev–Trinajstić information content (AvgIpc) is 3.29. The number of aromatic nitrogens is 2. The van der Waals surface area contributed by atoms with E-state index in [0.717, 1.165) is 5.56 Å². The predicted octanol–water partition coefficient (Wildman–Crippen LogP) is 3.86. The fourth-order valence-electron chi connectivity index (χ4n) is 4.15. The molecule has 1 aliphatic heterocycles. The van der Waals surface area contributed by atoms with Gasteiger partial charge in [-0.2, -0.15) is 10.4 Å². The summed E-state index contributed by atoms with van der Waals surface area (Å²) in [6.07, 6.45) is 3.39. The molecule has 0 aliphatic carbocycles. The van der Waals surface area contributed by atoms with Gasteiger partial charge in [0.1, 0.15) is 0 Å². The van der Waals surface area contributed by atoms with Gasteiger partial charge >= 0.3 is 0 Å². The normalized spacial score (nSPS) is 17.9. The van der Waals surface area contributed by atoms with Crippen LogP contribution in [0.2, 0.25) is 0 Å². The van der Waals surface area contributed by atoms with Gasteiger partial charge in [0.15, 0.2) is 0 Å². The number of benzene rings is 2. The molecule has 0 bridgehead atoms. The molecule has 3 aromatic rings. The number of hydrogen-bond acceptors (Lipinski definition) is 4. The van der Waals surface area contributed by atoms with Crippen LogP contribution in [0.15, 0.2) is 60.9 Å². The number of anilines is 1. The largest absolute Gasteiger partial charge is 0.330 e. The van der Waals surface area contributed by atoms with Crippen molar-refractivity contribution in [2.24, 2.45) is 5.92 Å². The highest BCUT2D eigenvalue weighted by molar-refractivity contribution is 6.04. The Morgan fingerprint density at radius 3 is 2.77 bits per heavy atom. The number of nitrogens with zero attached hydrogens (tertiary/aromatic N) is 3. The predicted molar refractivity (Wildman–Crippen MR) is 116 cm³/mol. The number of H-pyrrole nitrogens is 1. The molecule has 1 aromatic heterocycles. The van der Waals surface area contributed by atoms with E-state index in [1.807, 2.05) is 32.0 Å². The highest BCUT2D eigenvalue weighted by atomic mass is 16.2. The second kappa shape index (κ2) is 8.44. The van der Waals surface area contributed by atoms with Crippen molar-refractivity contribution in [3.05, 3.63) is 83.2 Å². The molecule has 156 valence electrons. The maximum absolute atomic E-state index is 13.6. The Kier molecular flexibility index (Phi) is 5.54. The number of fused-ring (bicyclic) bond motifs is 1. The lowest BCUT2D eigenvalue weighted by Crippen LogP contribution is -2.47. The quantitative estimate of drug-likeness (QED) is 0.663. The summed E-state index contributed by atoms with van der Waals surface area (Å²) in [5, 5.41) is 19.0. The van der Waals surface area contributed by atoms with Gasteiger partial charge in [-0.3, -0.25) is 14.7 Å². The zero-order valence-corrected chi connectivity index (χ0v) is 17.4. The first kappa shape index (κ1) is 20.4. The van der Waals surface area contributed by atoms with Crippen LogP contribution in [0.4, 0.5) is 5.69 Å². The topological polar surface area (TPSA) is 102 Å². The van der Waals surface area contributed by atoms with Gasteiger partial charge in [-0.1, -0.05) is 38.1 Å². The Labute approximate surface area is 180 Å². The van der Waals surface area contributed by atoms with Gasteiger partial charge in [0.25, 0.3) is 5.91 Å². The number of nitrogens with one attached hydrogen (secondary N) is 2. The average molecular weight is 413 g/mol. The molecule has 31 heavy (non-hydrogen) atoms. The first-order chi connectivity index (χ1) is 15.0. The SMILES string of the molecule is CC(C)CN1C(=O)c2ccccc2[C@@H](C(=O)Nc2cccc(C#N)c2)[C@@H]1c1cn[nH]c1. The molecule has 1 aliphatic rings. The molecule has 0 radical (unpaired) electrons. The van der Waals surface area contributed by atoms with E-state index in [9.17, 15) is 14.9 Å². The van der Waals surface area contributed by atoms with Crippen molar-refractivity contribution >= 4 is 17.5 Å². The van der Waals surface area contributed by atoms with Crippen molar-refractivity contribution in [3.63, 3.8) is 0 Å². The van der Waals surface area contributed by atoms with Crippen molar-refractivity contribution < 1.29 is 9.59 Å². The number of hydrogen-bond donors (Lipinski definition) is 2. The standard InChI is InChI=1S/C24H23N5O2/c1-15(2)14-29-22(17-12-26-27-13-17)21(19-8-3-4-9-20(19)24(29)31)23(30)28-18-7-5-6-16(10-18)11-25/h3-10,12-13,15,21-22H,14H2,1-2H3,(H,26,27)(H,28,30)/t21-,22+/m1/s1. The van der Waals surface area contributed by atoms with E-state index in [4.69, 9.17) is 0 Å². The fourth-order valence-corrected chi connectivity index (χ4v) is 4.15. The number of aromatic amines is 1. The summed E-state index contributed by atoms with van der Waals surface area (Å²) in [5.74, 6) is -0.739. The van der Waals surface area contributed by atoms with Gasteiger partial charge in [-0.25, -0.2) is 0 Å². The van der Waals surface area contributed by atoms with Gasteiger partial charge in [-0.05, 0) is 35.7 Å². The van der Waals surface area contributed by atoms with Crippen molar-refractivity contribution in [2.75, 3.05) is 11.9 Å². The Morgan fingerprint density at radius 2 is 2.06 bits per heavy atom. The van der Waals surface area contributed by atoms with E-state index < -0.39 is 12.0 Å². The molecule has 2 atom stereocenters. The van der Waals surface area contributed by atoms with E-state index >= 15 is 0 Å². The monoisotopic (exact) mass is 413 g/mol. The lowest BCUT2D eigenvalue weighted by Gasteiger charge is -2.42. The minimum atomic E-state index is -0.629. The molecule has 2 amide bonds. The molecule has 2 aromatic carbocycles. The maximum Gasteiger partial charge on any atom is 0.254 e. The third kappa shape index (κ3) is 3.92. The van der Waals surface area contributed by atoms with Gasteiger partial charge in [-0.15, -0.1) is 0 Å². The van der Waals surface area contributed by atoms with Crippen molar-refractivity contribution in [1.82, 2.24) is 15.1 Å². The van der Waals surface area contributed by atoms with Crippen LogP contribution in [0.25, 0.3) is 0 Å². The summed E-state index contributed by atoms with van der Waals surface area (Å²) in [5.41, 5.74) is 3.00. The third-order valence-electron chi connectivity index (χ3n) is 5.40. The molecule has 0 saturated carbocycles. The highest BCUT2D eigenvalue weighted by Crippen LogP contribution is 2.43. The van der Waals surface area contributed by atoms with E-state index in [-0.39, 0.29) is 17.7 Å². The van der Waals surface area contributed by atoms with Crippen LogP contribution in [0.5, 0.6) is 0 Å². The fraction of sp³-hybridized carbons (Fsp3) is 0.250. The third-order valence-corrected chi connectivity index (χ3v) is 5.40. The molecule has 2 heterocycles. The number of carbonyl (C=O) groups excluding carboxylic acids is 2. The summed E-state index contributed by atoms with van der Waals surface area (Å²) < 4.78 is 0. The molecule has 7 heteroatoms. The van der Waals surface area contributed by atoms with Crippen LogP contribution < -0.4 is 5.32 Å². The molecule has 0 saturated heterocycles. The van der Waals surface area contributed by atoms with E-state index in [1.165, 1.54) is 0 Å². The summed E-state index contributed by atoms with van der Waals surface area (Å²) in [6, 6.07) is 15.6. The molecular weight excluding hydrogens is 390 g/mol. The minimum absolute atomic E-state index is 0.0916. The van der Waals surface area contributed by atoms with Gasteiger partial charge in [0, 0.05) is 29.6 Å². The Bertz CT molecular complexity index is 1150. The van der Waals surface area contributed by atoms with Crippen molar-refractivity contribution in [1.29, 1.82) is 5.26 Å². The Balaban J connectivity index is 1.81. The number of amides is 2. The van der Waals surface area contributed by atoms with Crippen molar-refractivity contribution in [3.8, 4) is 6.07 Å². The summed E-state index contributed by atoms with van der Waals surface area (Å²) in [7, 11) is 0. The second-order valence-electron chi connectivity index (χ2n) is 8.07.